The maximum absolute atomic E-state index is 13.5. The molecule has 3 aliphatic rings. The Hall–Kier alpha value is -2.76. The number of halogens is 1. The van der Waals surface area contributed by atoms with Gasteiger partial charge < -0.3 is 10.2 Å². The number of aromatic nitrogens is 2. The number of aliphatic hydroxyl groups is 2. The summed E-state index contributed by atoms with van der Waals surface area (Å²) in [6.45, 7) is 0.0272. The zero-order chi connectivity index (χ0) is 23.3. The number of benzene rings is 2. The van der Waals surface area contributed by atoms with Crippen LogP contribution in [0.2, 0.25) is 0 Å². The van der Waals surface area contributed by atoms with Crippen molar-refractivity contribution < 1.29 is 14.6 Å². The standard InChI is InChI=1S/C29H31FN2O2/c30-25-8-10-26(11-9-25)32-27-16-24-13-15-28(34,14-12-20-4-1-2-5-21(20)19-33)29(24,23-6-3-7-23)17-22(27)18-31-32/h1-2,4-5,8-11,16,18,23,33-34H,3,6-7,12-15,17,19H2/t28-,29+/m0/s1. The second-order valence-electron chi connectivity index (χ2n) is 10.3. The molecule has 2 aromatic carbocycles. The summed E-state index contributed by atoms with van der Waals surface area (Å²) in [4.78, 5) is 0. The number of aryl methyl sites for hydroxylation is 1. The Morgan fingerprint density at radius 2 is 1.82 bits per heavy atom. The van der Waals surface area contributed by atoms with Gasteiger partial charge in [-0.05, 0) is 97.9 Å². The van der Waals surface area contributed by atoms with Crippen LogP contribution in [0.1, 0.15) is 60.9 Å². The highest BCUT2D eigenvalue weighted by Gasteiger charge is 2.62. The summed E-state index contributed by atoms with van der Waals surface area (Å²) < 4.78 is 15.4. The molecule has 2 N–H and O–H groups in total. The molecule has 0 bridgehead atoms. The molecule has 0 radical (unpaired) electrons. The third kappa shape index (κ3) is 3.21. The van der Waals surface area contributed by atoms with Crippen molar-refractivity contribution in [2.45, 2.75) is 63.6 Å². The third-order valence-corrected chi connectivity index (χ3v) is 8.85. The summed E-state index contributed by atoms with van der Waals surface area (Å²) in [5.41, 5.74) is 5.48. The molecular weight excluding hydrogens is 427 g/mol. The average Bonchev–Trinajstić information content (AvgIpc) is 3.35. The van der Waals surface area contributed by atoms with E-state index in [4.69, 9.17) is 0 Å². The third-order valence-electron chi connectivity index (χ3n) is 8.85. The Balaban J connectivity index is 1.37. The Kier molecular flexibility index (Phi) is 5.23. The maximum atomic E-state index is 13.5. The second-order valence-corrected chi connectivity index (χ2v) is 10.3. The molecule has 6 rings (SSSR count). The predicted molar refractivity (Wildman–Crippen MR) is 130 cm³/mol. The van der Waals surface area contributed by atoms with Gasteiger partial charge in [0.05, 0.1) is 29.8 Å². The molecule has 2 saturated carbocycles. The van der Waals surface area contributed by atoms with Gasteiger partial charge in [-0.3, -0.25) is 0 Å². The lowest BCUT2D eigenvalue weighted by molar-refractivity contribution is -0.100. The van der Waals surface area contributed by atoms with E-state index in [9.17, 15) is 14.6 Å². The fourth-order valence-corrected chi connectivity index (χ4v) is 6.83. The number of rotatable bonds is 6. The Morgan fingerprint density at radius 1 is 1.06 bits per heavy atom. The van der Waals surface area contributed by atoms with E-state index in [1.54, 1.807) is 12.1 Å². The Labute approximate surface area is 199 Å². The van der Waals surface area contributed by atoms with Gasteiger partial charge >= 0.3 is 0 Å². The molecule has 0 spiro atoms. The molecule has 34 heavy (non-hydrogen) atoms. The topological polar surface area (TPSA) is 58.3 Å². The lowest BCUT2D eigenvalue weighted by Gasteiger charge is -2.53. The average molecular weight is 459 g/mol. The predicted octanol–water partition coefficient (Wildman–Crippen LogP) is 5.39. The Bertz CT molecular complexity index is 1240. The molecule has 5 heteroatoms. The van der Waals surface area contributed by atoms with Crippen molar-refractivity contribution in [3.8, 4) is 5.69 Å². The van der Waals surface area contributed by atoms with Gasteiger partial charge in [0.25, 0.3) is 0 Å². The zero-order valence-electron chi connectivity index (χ0n) is 19.4. The number of fused-ring (bicyclic) bond motifs is 2. The van der Waals surface area contributed by atoms with Crippen molar-refractivity contribution in [2.24, 2.45) is 11.3 Å². The van der Waals surface area contributed by atoms with Gasteiger partial charge in [0, 0.05) is 5.41 Å². The highest BCUT2D eigenvalue weighted by molar-refractivity contribution is 5.63. The summed E-state index contributed by atoms with van der Waals surface area (Å²) in [5.74, 6) is 0.234. The first-order valence-corrected chi connectivity index (χ1v) is 12.5. The van der Waals surface area contributed by atoms with E-state index in [1.165, 1.54) is 24.1 Å². The van der Waals surface area contributed by atoms with E-state index < -0.39 is 5.60 Å². The largest absolute Gasteiger partial charge is 0.392 e. The van der Waals surface area contributed by atoms with Crippen LogP contribution in [-0.2, 0) is 19.4 Å². The molecular formula is C29H31FN2O2. The molecule has 0 aliphatic heterocycles. The molecule has 0 unspecified atom stereocenters. The van der Waals surface area contributed by atoms with Crippen LogP contribution in [0.5, 0.6) is 0 Å². The molecule has 2 fully saturated rings. The lowest BCUT2D eigenvalue weighted by Crippen LogP contribution is -2.54. The summed E-state index contributed by atoms with van der Waals surface area (Å²) in [6.07, 6.45) is 11.7. The molecule has 1 heterocycles. The summed E-state index contributed by atoms with van der Waals surface area (Å²) in [5, 5.41) is 26.7. The van der Waals surface area contributed by atoms with Gasteiger partial charge in [-0.2, -0.15) is 5.10 Å². The first kappa shape index (κ1) is 21.8. The van der Waals surface area contributed by atoms with Crippen molar-refractivity contribution >= 4 is 6.08 Å². The first-order valence-electron chi connectivity index (χ1n) is 12.5. The highest BCUT2D eigenvalue weighted by Crippen LogP contribution is 2.64. The van der Waals surface area contributed by atoms with Gasteiger partial charge in [0.15, 0.2) is 0 Å². The molecule has 0 saturated heterocycles. The van der Waals surface area contributed by atoms with Crippen molar-refractivity contribution in [3.63, 3.8) is 0 Å². The number of hydrogen-bond acceptors (Lipinski definition) is 3. The van der Waals surface area contributed by atoms with E-state index in [-0.39, 0.29) is 17.8 Å². The minimum absolute atomic E-state index is 0.0272. The van der Waals surface area contributed by atoms with Gasteiger partial charge in [0.1, 0.15) is 5.82 Å². The Morgan fingerprint density at radius 3 is 2.53 bits per heavy atom. The maximum Gasteiger partial charge on any atom is 0.123 e. The first-order chi connectivity index (χ1) is 16.5. The van der Waals surface area contributed by atoms with Crippen LogP contribution in [0, 0.1) is 17.2 Å². The summed E-state index contributed by atoms with van der Waals surface area (Å²) in [7, 11) is 0. The second kappa shape index (κ2) is 8.17. The van der Waals surface area contributed by atoms with E-state index in [1.807, 2.05) is 29.1 Å². The number of hydrogen-bond donors (Lipinski definition) is 2. The van der Waals surface area contributed by atoms with Crippen molar-refractivity contribution in [3.05, 3.63) is 88.5 Å². The number of aliphatic hydroxyl groups excluding tert-OH is 1. The van der Waals surface area contributed by atoms with Crippen LogP contribution < -0.4 is 0 Å². The quantitative estimate of drug-likeness (QED) is 0.521. The van der Waals surface area contributed by atoms with E-state index >= 15 is 0 Å². The van der Waals surface area contributed by atoms with E-state index in [0.717, 1.165) is 66.6 Å². The molecule has 2 atom stereocenters. The van der Waals surface area contributed by atoms with Crippen LogP contribution >= 0.6 is 0 Å². The summed E-state index contributed by atoms with van der Waals surface area (Å²) in [6, 6.07) is 14.5. The van der Waals surface area contributed by atoms with Crippen LogP contribution in [0.15, 0.2) is 60.3 Å². The monoisotopic (exact) mass is 458 g/mol. The molecule has 0 amide bonds. The number of nitrogens with zero attached hydrogens (tertiary/aromatic N) is 2. The van der Waals surface area contributed by atoms with Crippen molar-refractivity contribution in [1.29, 1.82) is 0 Å². The fourth-order valence-electron chi connectivity index (χ4n) is 6.83. The normalized spacial score (nSPS) is 26.0. The minimum atomic E-state index is -0.776. The van der Waals surface area contributed by atoms with Gasteiger partial charge in [-0.1, -0.05) is 36.3 Å². The smallest absolute Gasteiger partial charge is 0.123 e. The highest BCUT2D eigenvalue weighted by atomic mass is 19.1. The van der Waals surface area contributed by atoms with Crippen LogP contribution in [0.3, 0.4) is 0 Å². The van der Waals surface area contributed by atoms with Gasteiger partial charge in [-0.25, -0.2) is 9.07 Å². The lowest BCUT2D eigenvalue weighted by atomic mass is 9.53. The van der Waals surface area contributed by atoms with Gasteiger partial charge in [-0.15, -0.1) is 0 Å². The molecule has 1 aromatic heterocycles. The van der Waals surface area contributed by atoms with Crippen molar-refractivity contribution in [1.82, 2.24) is 9.78 Å². The van der Waals surface area contributed by atoms with Gasteiger partial charge in [0.2, 0.25) is 0 Å². The van der Waals surface area contributed by atoms with Crippen LogP contribution in [0.25, 0.3) is 11.8 Å². The SMILES string of the molecule is OCc1ccccc1CC[C@]1(O)CCC2=Cc3c(cnn3-c3ccc(F)cc3)C[C@@]21C1CCC1. The van der Waals surface area contributed by atoms with Crippen molar-refractivity contribution in [2.75, 3.05) is 0 Å². The van der Waals surface area contributed by atoms with E-state index in [0.29, 0.717) is 12.3 Å². The zero-order valence-corrected chi connectivity index (χ0v) is 19.4. The summed E-state index contributed by atoms with van der Waals surface area (Å²) >= 11 is 0. The molecule has 3 aromatic rings. The van der Waals surface area contributed by atoms with Crippen LogP contribution in [-0.4, -0.2) is 25.6 Å². The van der Waals surface area contributed by atoms with E-state index in [2.05, 4.69) is 17.2 Å². The molecule has 3 aliphatic carbocycles. The minimum Gasteiger partial charge on any atom is -0.392 e. The van der Waals surface area contributed by atoms with Crippen LogP contribution in [0.4, 0.5) is 4.39 Å². The fraction of sp³-hybridized carbons (Fsp3) is 0.414. The molecule has 176 valence electrons. The molecule has 4 nitrogen and oxygen atoms in total.